The highest BCUT2D eigenvalue weighted by molar-refractivity contribution is 7.80. The molecule has 0 radical (unpaired) electrons. The van der Waals surface area contributed by atoms with E-state index in [1.54, 1.807) is 0 Å². The third-order valence-corrected chi connectivity index (χ3v) is 1.33. The summed E-state index contributed by atoms with van der Waals surface area (Å²) in [5.41, 5.74) is 5.16. The van der Waals surface area contributed by atoms with Crippen LogP contribution in [0.2, 0.25) is 0 Å². The monoisotopic (exact) mass is 200 g/mol. The highest BCUT2D eigenvalue weighted by atomic mass is 32.1. The molecule has 1 aromatic heterocycles. The van der Waals surface area contributed by atoms with Crippen molar-refractivity contribution < 1.29 is 9.32 Å². The third kappa shape index (κ3) is 3.61. The quantitative estimate of drug-likeness (QED) is 0.628. The number of nitrogens with zero attached hydrogens (tertiary/aromatic N) is 2. The van der Waals surface area contributed by atoms with Gasteiger partial charge in [0.1, 0.15) is 0 Å². The number of nitrogens with one attached hydrogen (secondary N) is 1. The van der Waals surface area contributed by atoms with Gasteiger partial charge in [-0.25, -0.2) is 0 Å². The predicted molar refractivity (Wildman–Crippen MR) is 47.5 cm³/mol. The van der Waals surface area contributed by atoms with Crippen LogP contribution < -0.4 is 11.1 Å². The predicted octanol–water partition coefficient (Wildman–Crippen LogP) is -0.638. The van der Waals surface area contributed by atoms with Crippen molar-refractivity contribution in [3.8, 4) is 0 Å². The van der Waals surface area contributed by atoms with E-state index in [4.69, 9.17) is 5.73 Å². The van der Waals surface area contributed by atoms with E-state index < -0.39 is 0 Å². The first-order chi connectivity index (χ1) is 6.18. The lowest BCUT2D eigenvalue weighted by Crippen LogP contribution is -2.27. The third-order valence-electron chi connectivity index (χ3n) is 1.19. The lowest BCUT2D eigenvalue weighted by molar-refractivity contribution is -0.120. The maximum atomic E-state index is 11.0. The second-order valence-electron chi connectivity index (χ2n) is 2.27. The molecule has 7 heteroatoms. The lowest BCUT2D eigenvalue weighted by Gasteiger charge is -1.99. The van der Waals surface area contributed by atoms with Gasteiger partial charge in [-0.05, 0) is 0 Å². The van der Waals surface area contributed by atoms with Crippen LogP contribution in [0.25, 0.3) is 0 Å². The smallest absolute Gasteiger partial charge is 0.227 e. The first kappa shape index (κ1) is 9.59. The molecule has 3 N–H and O–H groups in total. The molecule has 0 bridgehead atoms. The van der Waals surface area contributed by atoms with E-state index in [1.807, 2.05) is 0 Å². The Balaban J connectivity index is 2.27. The van der Waals surface area contributed by atoms with Gasteiger partial charge in [-0.1, -0.05) is 17.4 Å². The van der Waals surface area contributed by atoms with Crippen molar-refractivity contribution >= 4 is 23.1 Å². The second kappa shape index (κ2) is 4.51. The lowest BCUT2D eigenvalue weighted by atomic mass is 10.4. The number of carbonyl (C=O) groups is 1. The summed E-state index contributed by atoms with van der Waals surface area (Å²) in [7, 11) is 0. The van der Waals surface area contributed by atoms with Gasteiger partial charge in [-0.15, -0.1) is 0 Å². The molecule has 1 rings (SSSR count). The van der Waals surface area contributed by atoms with Gasteiger partial charge >= 0.3 is 0 Å². The molecule has 0 aromatic carbocycles. The van der Waals surface area contributed by atoms with Crippen LogP contribution in [0, 0.1) is 0 Å². The number of nitrogens with two attached hydrogens (primary N) is 1. The molecule has 70 valence electrons. The van der Waals surface area contributed by atoms with E-state index in [0.29, 0.717) is 5.82 Å². The topological polar surface area (TPSA) is 94.0 Å². The van der Waals surface area contributed by atoms with Crippen molar-refractivity contribution in [3.63, 3.8) is 0 Å². The summed E-state index contributed by atoms with van der Waals surface area (Å²) in [4.78, 5) is 14.9. The molecule has 0 spiro atoms. The van der Waals surface area contributed by atoms with E-state index in [9.17, 15) is 4.79 Å². The number of hydrogen-bond acceptors (Lipinski definition) is 5. The number of carbonyl (C=O) groups excluding carboxylic acids is 1. The molecule has 0 saturated heterocycles. The number of rotatable bonds is 4. The molecule has 0 fully saturated rings. The Hall–Kier alpha value is -1.50. The van der Waals surface area contributed by atoms with Gasteiger partial charge in [0.25, 0.3) is 0 Å². The standard InChI is InChI=1S/C6H8N4O2S/c7-4(13)1-6(11)8-2-5-9-3-12-10-5/h3H,1-2H2,(H2,7,13)(H,8,11). The van der Waals surface area contributed by atoms with Crippen molar-refractivity contribution in [3.05, 3.63) is 12.2 Å². The van der Waals surface area contributed by atoms with Gasteiger partial charge in [0, 0.05) is 0 Å². The van der Waals surface area contributed by atoms with Gasteiger partial charge in [-0.2, -0.15) is 4.98 Å². The molecular weight excluding hydrogens is 192 g/mol. The first-order valence-electron chi connectivity index (χ1n) is 3.48. The normalized spacial score (nSPS) is 9.54. The highest BCUT2D eigenvalue weighted by Gasteiger charge is 2.04. The summed E-state index contributed by atoms with van der Waals surface area (Å²) in [6.45, 7) is 0.220. The minimum atomic E-state index is -0.252. The summed E-state index contributed by atoms with van der Waals surface area (Å²) in [5, 5.41) is 6.03. The van der Waals surface area contributed by atoms with Gasteiger partial charge in [0.15, 0.2) is 5.82 Å². The Kier molecular flexibility index (Phi) is 3.32. The van der Waals surface area contributed by atoms with Gasteiger partial charge in [0.2, 0.25) is 12.3 Å². The van der Waals surface area contributed by atoms with Gasteiger partial charge < -0.3 is 15.6 Å². The molecule has 0 aliphatic rings. The Morgan fingerprint density at radius 3 is 3.08 bits per heavy atom. The zero-order valence-electron chi connectivity index (χ0n) is 6.69. The van der Waals surface area contributed by atoms with Crippen LogP contribution in [-0.2, 0) is 11.3 Å². The van der Waals surface area contributed by atoms with Gasteiger partial charge in [-0.3, -0.25) is 4.79 Å². The van der Waals surface area contributed by atoms with Crippen molar-refractivity contribution in [2.24, 2.45) is 5.73 Å². The highest BCUT2D eigenvalue weighted by Crippen LogP contribution is 1.88. The largest absolute Gasteiger partial charge is 0.393 e. The molecule has 1 aromatic rings. The molecule has 0 unspecified atom stereocenters. The fourth-order valence-electron chi connectivity index (χ4n) is 0.669. The molecule has 1 heterocycles. The Morgan fingerprint density at radius 1 is 1.77 bits per heavy atom. The Morgan fingerprint density at radius 2 is 2.54 bits per heavy atom. The number of thiocarbonyl (C=S) groups is 1. The first-order valence-corrected chi connectivity index (χ1v) is 3.89. The number of aromatic nitrogens is 2. The van der Waals surface area contributed by atoms with Crippen molar-refractivity contribution in [2.75, 3.05) is 0 Å². The number of hydrogen-bond donors (Lipinski definition) is 2. The van der Waals surface area contributed by atoms with Gasteiger partial charge in [0.05, 0.1) is 18.0 Å². The molecule has 0 aliphatic carbocycles. The van der Waals surface area contributed by atoms with Crippen LogP contribution >= 0.6 is 12.2 Å². The summed E-state index contributed by atoms with van der Waals surface area (Å²) in [5.74, 6) is 0.161. The van der Waals surface area contributed by atoms with Crippen LogP contribution in [0.15, 0.2) is 10.9 Å². The number of amides is 1. The Labute approximate surface area is 79.5 Å². The summed E-state index contributed by atoms with van der Waals surface area (Å²) >= 11 is 4.55. The molecule has 0 atom stereocenters. The van der Waals surface area contributed by atoms with E-state index in [0.717, 1.165) is 0 Å². The van der Waals surface area contributed by atoms with Crippen molar-refractivity contribution in [1.82, 2.24) is 15.5 Å². The van der Waals surface area contributed by atoms with Crippen molar-refractivity contribution in [1.29, 1.82) is 0 Å². The fraction of sp³-hybridized carbons (Fsp3) is 0.333. The average Bonchev–Trinajstić information content (AvgIpc) is 2.51. The SMILES string of the molecule is NC(=S)CC(=O)NCc1ncon1. The maximum Gasteiger partial charge on any atom is 0.227 e. The molecule has 0 aliphatic heterocycles. The zero-order chi connectivity index (χ0) is 9.68. The van der Waals surface area contributed by atoms with Crippen LogP contribution in [0.1, 0.15) is 12.2 Å². The molecule has 1 amide bonds. The van der Waals surface area contributed by atoms with Crippen LogP contribution in [0.4, 0.5) is 0 Å². The summed E-state index contributed by atoms with van der Waals surface area (Å²) < 4.78 is 4.46. The Bertz CT molecular complexity index is 298. The molecule has 0 saturated carbocycles. The van der Waals surface area contributed by atoms with Crippen LogP contribution in [0.5, 0.6) is 0 Å². The minimum Gasteiger partial charge on any atom is -0.393 e. The van der Waals surface area contributed by atoms with Crippen LogP contribution in [0.3, 0.4) is 0 Å². The van der Waals surface area contributed by atoms with E-state index in [1.165, 1.54) is 6.39 Å². The molecular formula is C6H8N4O2S. The zero-order valence-corrected chi connectivity index (χ0v) is 7.50. The van der Waals surface area contributed by atoms with E-state index in [-0.39, 0.29) is 23.9 Å². The second-order valence-corrected chi connectivity index (χ2v) is 2.79. The minimum absolute atomic E-state index is 0.0349. The fourth-order valence-corrected chi connectivity index (χ4v) is 0.800. The van der Waals surface area contributed by atoms with E-state index >= 15 is 0 Å². The molecule has 6 nitrogen and oxygen atoms in total. The van der Waals surface area contributed by atoms with Crippen molar-refractivity contribution in [2.45, 2.75) is 13.0 Å². The summed E-state index contributed by atoms with van der Waals surface area (Å²) in [6.07, 6.45) is 1.22. The maximum absolute atomic E-state index is 11.0. The van der Waals surface area contributed by atoms with E-state index in [2.05, 4.69) is 32.2 Å². The average molecular weight is 200 g/mol. The summed E-state index contributed by atoms with van der Waals surface area (Å²) in [6, 6.07) is 0. The van der Waals surface area contributed by atoms with Crippen LogP contribution in [-0.4, -0.2) is 21.0 Å². The molecule has 13 heavy (non-hydrogen) atoms.